The van der Waals surface area contributed by atoms with Gasteiger partial charge in [-0.1, -0.05) is 18.2 Å². The molecule has 1 amide bonds. The van der Waals surface area contributed by atoms with Crippen LogP contribution < -0.4 is 10.9 Å². The molecule has 1 aliphatic heterocycles. The van der Waals surface area contributed by atoms with Gasteiger partial charge in [0.2, 0.25) is 5.91 Å². The zero-order valence-electron chi connectivity index (χ0n) is 13.2. The number of carbonyl (C=O) groups excluding carboxylic acids is 1. The Morgan fingerprint density at radius 1 is 1.21 bits per heavy atom. The molecule has 2 atom stereocenters. The number of nitrogens with one attached hydrogen (secondary N) is 2. The molecule has 2 heterocycles. The highest BCUT2D eigenvalue weighted by Gasteiger charge is 2.39. The van der Waals surface area contributed by atoms with Crippen molar-refractivity contribution in [1.29, 1.82) is 0 Å². The van der Waals surface area contributed by atoms with Crippen LogP contribution in [0.3, 0.4) is 0 Å². The van der Waals surface area contributed by atoms with E-state index in [2.05, 4.69) is 22.3 Å². The van der Waals surface area contributed by atoms with Crippen molar-refractivity contribution in [3.8, 4) is 0 Å². The molecule has 1 saturated heterocycles. The molecule has 4 nitrogen and oxygen atoms in total. The quantitative estimate of drug-likeness (QED) is 0.876. The highest BCUT2D eigenvalue weighted by Crippen LogP contribution is 2.32. The predicted octanol–water partition coefficient (Wildman–Crippen LogP) is 2.99. The van der Waals surface area contributed by atoms with Gasteiger partial charge in [-0.2, -0.15) is 0 Å². The molecule has 126 valence electrons. The smallest absolute Gasteiger partial charge is 0.241 e. The molecule has 4 rings (SSSR count). The fourth-order valence-corrected chi connectivity index (χ4v) is 3.94. The Morgan fingerprint density at radius 3 is 2.67 bits per heavy atom. The van der Waals surface area contributed by atoms with Crippen LogP contribution in [-0.4, -0.2) is 22.9 Å². The van der Waals surface area contributed by atoms with Gasteiger partial charge in [0.1, 0.15) is 11.9 Å². The molecule has 2 fully saturated rings. The number of hydrogen-bond acceptors (Lipinski definition) is 4. The first-order valence-electron chi connectivity index (χ1n) is 8.30. The van der Waals surface area contributed by atoms with Gasteiger partial charge in [-0.3, -0.25) is 4.79 Å². The molecule has 2 aromatic rings. The average Bonchev–Trinajstić information content (AvgIpc) is 3.09. The number of benzene rings is 1. The molecule has 1 aromatic carbocycles. The third-order valence-corrected chi connectivity index (χ3v) is 5.61. The fraction of sp³-hybridized carbons (Fsp3) is 0.389. The van der Waals surface area contributed by atoms with E-state index in [0.717, 1.165) is 24.8 Å². The summed E-state index contributed by atoms with van der Waals surface area (Å²) in [6, 6.07) is 10.8. The number of amides is 1. The maximum absolute atomic E-state index is 13.1. The number of rotatable bonds is 5. The summed E-state index contributed by atoms with van der Waals surface area (Å²) in [5.41, 5.74) is 7.37. The molecule has 1 aromatic heterocycles. The van der Waals surface area contributed by atoms with Gasteiger partial charge in [0, 0.05) is 17.5 Å². The van der Waals surface area contributed by atoms with Crippen LogP contribution in [0, 0.1) is 5.82 Å². The first kappa shape index (κ1) is 15.7. The van der Waals surface area contributed by atoms with E-state index in [9.17, 15) is 9.18 Å². The van der Waals surface area contributed by atoms with Gasteiger partial charge in [0.05, 0.1) is 6.04 Å². The van der Waals surface area contributed by atoms with Crippen LogP contribution in [-0.2, 0) is 11.3 Å². The Balaban J connectivity index is 1.44. The Labute approximate surface area is 144 Å². The van der Waals surface area contributed by atoms with E-state index in [1.807, 2.05) is 11.0 Å². The Kier molecular flexibility index (Phi) is 4.35. The van der Waals surface area contributed by atoms with Gasteiger partial charge in [0.15, 0.2) is 0 Å². The minimum Gasteiger partial charge on any atom is -0.334 e. The summed E-state index contributed by atoms with van der Waals surface area (Å²) in [6.07, 6.45) is 2.87. The first-order valence-corrected chi connectivity index (χ1v) is 9.18. The minimum absolute atomic E-state index is 0.133. The van der Waals surface area contributed by atoms with Gasteiger partial charge >= 0.3 is 0 Å². The van der Waals surface area contributed by atoms with Crippen molar-refractivity contribution < 1.29 is 9.18 Å². The standard InChI is InChI=1S/C18H20FN3OS/c19-13-5-3-12(4-6-13)11-22(14-7-8-14)18(23)16-10-15(20-21-16)17-2-1-9-24-17/h1-6,9,14-16,20-21H,7-8,10-11H2. The van der Waals surface area contributed by atoms with E-state index in [0.29, 0.717) is 12.6 Å². The van der Waals surface area contributed by atoms with Gasteiger partial charge in [-0.25, -0.2) is 15.2 Å². The number of halogens is 1. The SMILES string of the molecule is O=C(C1CC(c2cccs2)NN1)N(Cc1ccc(F)cc1)C1CC1. The van der Waals surface area contributed by atoms with Crippen LogP contribution in [0.1, 0.15) is 35.7 Å². The Bertz CT molecular complexity index is 700. The molecular formula is C18H20FN3OS. The largest absolute Gasteiger partial charge is 0.334 e. The number of nitrogens with zero attached hydrogens (tertiary/aromatic N) is 1. The monoisotopic (exact) mass is 345 g/mol. The zero-order valence-corrected chi connectivity index (χ0v) is 14.1. The summed E-state index contributed by atoms with van der Waals surface area (Å²) >= 11 is 1.70. The molecule has 2 aliphatic rings. The molecule has 1 aliphatic carbocycles. The Morgan fingerprint density at radius 2 is 2.00 bits per heavy atom. The van der Waals surface area contributed by atoms with E-state index in [1.54, 1.807) is 23.5 Å². The summed E-state index contributed by atoms with van der Waals surface area (Å²) in [7, 11) is 0. The maximum atomic E-state index is 13.1. The minimum atomic E-state index is -0.247. The molecule has 0 radical (unpaired) electrons. The lowest BCUT2D eigenvalue weighted by Gasteiger charge is -2.25. The van der Waals surface area contributed by atoms with Crippen LogP contribution in [0.5, 0.6) is 0 Å². The van der Waals surface area contributed by atoms with Gasteiger partial charge < -0.3 is 4.90 Å². The lowest BCUT2D eigenvalue weighted by atomic mass is 10.1. The number of thiophene rings is 1. The van der Waals surface area contributed by atoms with E-state index >= 15 is 0 Å². The van der Waals surface area contributed by atoms with Crippen LogP contribution in [0.4, 0.5) is 4.39 Å². The van der Waals surface area contributed by atoms with Crippen LogP contribution in [0.2, 0.25) is 0 Å². The van der Waals surface area contributed by atoms with Crippen molar-refractivity contribution in [2.45, 2.75) is 43.9 Å². The van der Waals surface area contributed by atoms with Crippen LogP contribution >= 0.6 is 11.3 Å². The first-order chi connectivity index (χ1) is 11.7. The number of carbonyl (C=O) groups is 1. The maximum Gasteiger partial charge on any atom is 0.241 e. The summed E-state index contributed by atoms with van der Waals surface area (Å²) < 4.78 is 13.1. The fourth-order valence-electron chi connectivity index (χ4n) is 3.15. The highest BCUT2D eigenvalue weighted by molar-refractivity contribution is 7.10. The van der Waals surface area contributed by atoms with Gasteiger partial charge in [-0.15, -0.1) is 11.3 Å². The second-order valence-electron chi connectivity index (χ2n) is 6.47. The van der Waals surface area contributed by atoms with Crippen LogP contribution in [0.25, 0.3) is 0 Å². The lowest BCUT2D eigenvalue weighted by Crippen LogP contribution is -2.46. The van der Waals surface area contributed by atoms with Gasteiger partial charge in [-0.05, 0) is 48.4 Å². The molecule has 0 spiro atoms. The van der Waals surface area contributed by atoms with Gasteiger partial charge in [0.25, 0.3) is 0 Å². The van der Waals surface area contributed by atoms with E-state index < -0.39 is 0 Å². The van der Waals surface area contributed by atoms with Crippen molar-refractivity contribution in [2.75, 3.05) is 0 Å². The normalized spacial score (nSPS) is 23.4. The molecular weight excluding hydrogens is 325 g/mol. The summed E-state index contributed by atoms with van der Waals surface area (Å²) in [5, 5.41) is 2.05. The molecule has 6 heteroatoms. The van der Waals surface area contributed by atoms with Crippen LogP contribution in [0.15, 0.2) is 41.8 Å². The van der Waals surface area contributed by atoms with Crippen molar-refractivity contribution in [3.63, 3.8) is 0 Å². The third kappa shape index (κ3) is 3.36. The molecule has 2 N–H and O–H groups in total. The summed E-state index contributed by atoms with van der Waals surface area (Å²) in [4.78, 5) is 16.2. The molecule has 1 saturated carbocycles. The summed E-state index contributed by atoms with van der Waals surface area (Å²) in [5.74, 6) is -0.114. The molecule has 2 unspecified atom stereocenters. The predicted molar refractivity (Wildman–Crippen MR) is 91.7 cm³/mol. The van der Waals surface area contributed by atoms with Crippen molar-refractivity contribution in [2.24, 2.45) is 0 Å². The van der Waals surface area contributed by atoms with E-state index in [-0.39, 0.29) is 23.8 Å². The Hall–Kier alpha value is -1.76. The number of hydrogen-bond donors (Lipinski definition) is 2. The zero-order chi connectivity index (χ0) is 16.5. The topological polar surface area (TPSA) is 44.4 Å². The number of hydrazine groups is 1. The van der Waals surface area contributed by atoms with Crippen molar-refractivity contribution in [1.82, 2.24) is 15.8 Å². The van der Waals surface area contributed by atoms with E-state index in [4.69, 9.17) is 0 Å². The molecule has 24 heavy (non-hydrogen) atoms. The van der Waals surface area contributed by atoms with Crippen molar-refractivity contribution >= 4 is 17.2 Å². The molecule has 0 bridgehead atoms. The van der Waals surface area contributed by atoms with E-state index in [1.165, 1.54) is 17.0 Å². The second-order valence-corrected chi connectivity index (χ2v) is 7.45. The second kappa shape index (κ2) is 6.63. The lowest BCUT2D eigenvalue weighted by molar-refractivity contribution is -0.134. The summed E-state index contributed by atoms with van der Waals surface area (Å²) in [6.45, 7) is 0.547. The van der Waals surface area contributed by atoms with Crippen molar-refractivity contribution in [3.05, 3.63) is 58.0 Å². The average molecular weight is 345 g/mol. The highest BCUT2D eigenvalue weighted by atomic mass is 32.1. The third-order valence-electron chi connectivity index (χ3n) is 4.62.